The summed E-state index contributed by atoms with van der Waals surface area (Å²) in [5, 5.41) is 5.80. The van der Waals surface area contributed by atoms with Crippen molar-refractivity contribution in [1.29, 1.82) is 0 Å². The molecule has 2 N–H and O–H groups in total. The molecule has 0 spiro atoms. The van der Waals surface area contributed by atoms with Gasteiger partial charge < -0.3 is 10.6 Å². The number of amides is 2. The number of carbonyl (C=O) groups is 1. The van der Waals surface area contributed by atoms with Crippen molar-refractivity contribution < 1.29 is 4.79 Å². The number of hydrogen-bond acceptors (Lipinski definition) is 1. The third kappa shape index (κ3) is 7.33. The van der Waals surface area contributed by atoms with E-state index in [0.29, 0.717) is 6.54 Å². The zero-order valence-corrected chi connectivity index (χ0v) is 14.8. The van der Waals surface area contributed by atoms with E-state index in [0.717, 1.165) is 36.7 Å². The average Bonchev–Trinajstić information content (AvgIpc) is 2.57. The van der Waals surface area contributed by atoms with E-state index < -0.39 is 0 Å². The molecule has 0 aromatic heterocycles. The quantitative estimate of drug-likeness (QED) is 0.663. The first-order valence-corrected chi connectivity index (χ1v) is 8.83. The number of benzene rings is 2. The normalized spacial score (nSPS) is 10.3. The first-order valence-electron chi connectivity index (χ1n) is 8.04. The maximum absolute atomic E-state index is 11.7. The Labute approximate surface area is 146 Å². The van der Waals surface area contributed by atoms with Gasteiger partial charge in [-0.05, 0) is 48.9 Å². The predicted molar refractivity (Wildman–Crippen MR) is 98.6 cm³/mol. The van der Waals surface area contributed by atoms with E-state index >= 15 is 0 Å². The molecular formula is C19H23BrN2O. The van der Waals surface area contributed by atoms with Gasteiger partial charge >= 0.3 is 6.03 Å². The Balaban J connectivity index is 1.51. The summed E-state index contributed by atoms with van der Waals surface area (Å²) in [6.07, 6.45) is 3.99. The zero-order valence-electron chi connectivity index (χ0n) is 13.2. The number of nitrogens with one attached hydrogen (secondary N) is 2. The van der Waals surface area contributed by atoms with Crippen LogP contribution in [0.4, 0.5) is 4.79 Å². The first kappa shape index (κ1) is 17.5. The molecule has 0 atom stereocenters. The van der Waals surface area contributed by atoms with Crippen LogP contribution in [0.3, 0.4) is 0 Å². The highest BCUT2D eigenvalue weighted by Crippen LogP contribution is 2.10. The van der Waals surface area contributed by atoms with Crippen LogP contribution in [0.5, 0.6) is 0 Å². The van der Waals surface area contributed by atoms with Gasteiger partial charge in [0.1, 0.15) is 0 Å². The van der Waals surface area contributed by atoms with E-state index in [-0.39, 0.29) is 6.03 Å². The average molecular weight is 375 g/mol. The standard InChI is InChI=1S/C19H23BrN2O/c20-18-11-9-17(10-12-18)13-15-22-19(23)21-14-5-4-8-16-6-2-1-3-7-16/h1-3,6-7,9-12H,4-5,8,13-15H2,(H2,21,22,23). The molecule has 0 unspecified atom stereocenters. The van der Waals surface area contributed by atoms with Crippen LogP contribution in [0, 0.1) is 0 Å². The molecule has 122 valence electrons. The molecule has 0 aliphatic heterocycles. The molecule has 2 rings (SSSR count). The fourth-order valence-corrected chi connectivity index (χ4v) is 2.60. The van der Waals surface area contributed by atoms with E-state index in [1.807, 2.05) is 18.2 Å². The predicted octanol–water partition coefficient (Wildman–Crippen LogP) is 4.31. The summed E-state index contributed by atoms with van der Waals surface area (Å²) in [6.45, 7) is 1.37. The molecule has 0 saturated carbocycles. The van der Waals surface area contributed by atoms with Crippen molar-refractivity contribution in [3.05, 3.63) is 70.2 Å². The lowest BCUT2D eigenvalue weighted by molar-refractivity contribution is 0.241. The minimum atomic E-state index is -0.0816. The lowest BCUT2D eigenvalue weighted by atomic mass is 10.1. The Bertz CT molecular complexity index is 584. The minimum absolute atomic E-state index is 0.0816. The molecule has 0 aliphatic rings. The second-order valence-corrected chi connectivity index (χ2v) is 6.42. The van der Waals surface area contributed by atoms with Crippen molar-refractivity contribution in [3.8, 4) is 0 Å². The van der Waals surface area contributed by atoms with Gasteiger partial charge in [-0.3, -0.25) is 0 Å². The van der Waals surface area contributed by atoms with Gasteiger partial charge in [0.05, 0.1) is 0 Å². The minimum Gasteiger partial charge on any atom is -0.338 e. The molecule has 23 heavy (non-hydrogen) atoms. The molecule has 2 aromatic rings. The molecule has 0 bridgehead atoms. The van der Waals surface area contributed by atoms with Gasteiger partial charge in [0, 0.05) is 17.6 Å². The highest BCUT2D eigenvalue weighted by Gasteiger charge is 2.00. The number of carbonyl (C=O) groups excluding carboxylic acids is 1. The van der Waals surface area contributed by atoms with Crippen LogP contribution in [-0.2, 0) is 12.8 Å². The van der Waals surface area contributed by atoms with Crippen LogP contribution in [0.2, 0.25) is 0 Å². The second-order valence-electron chi connectivity index (χ2n) is 5.50. The molecule has 0 heterocycles. The Morgan fingerprint density at radius 3 is 2.17 bits per heavy atom. The molecule has 0 saturated heterocycles. The third-order valence-electron chi connectivity index (χ3n) is 3.63. The molecule has 2 amide bonds. The zero-order chi connectivity index (χ0) is 16.3. The Kier molecular flexibility index (Phi) is 7.67. The number of urea groups is 1. The van der Waals surface area contributed by atoms with Crippen LogP contribution in [0.15, 0.2) is 59.1 Å². The van der Waals surface area contributed by atoms with Gasteiger partial charge in [0.15, 0.2) is 0 Å². The van der Waals surface area contributed by atoms with E-state index in [4.69, 9.17) is 0 Å². The number of hydrogen-bond donors (Lipinski definition) is 2. The SMILES string of the molecule is O=C(NCCCCc1ccccc1)NCCc1ccc(Br)cc1. The van der Waals surface area contributed by atoms with Crippen LogP contribution in [0.25, 0.3) is 0 Å². The van der Waals surface area contributed by atoms with Crippen molar-refractivity contribution >= 4 is 22.0 Å². The van der Waals surface area contributed by atoms with E-state index in [1.54, 1.807) is 0 Å². The van der Waals surface area contributed by atoms with Crippen molar-refractivity contribution in [2.24, 2.45) is 0 Å². The van der Waals surface area contributed by atoms with Gasteiger partial charge in [-0.1, -0.05) is 58.4 Å². The van der Waals surface area contributed by atoms with Gasteiger partial charge in [-0.25, -0.2) is 4.79 Å². The first-order chi connectivity index (χ1) is 11.2. The van der Waals surface area contributed by atoms with Gasteiger partial charge in [0.2, 0.25) is 0 Å². The van der Waals surface area contributed by atoms with Crippen LogP contribution >= 0.6 is 15.9 Å². The van der Waals surface area contributed by atoms with Crippen molar-refractivity contribution in [3.63, 3.8) is 0 Å². The third-order valence-corrected chi connectivity index (χ3v) is 4.16. The molecule has 4 heteroatoms. The highest BCUT2D eigenvalue weighted by molar-refractivity contribution is 9.10. The van der Waals surface area contributed by atoms with Crippen molar-refractivity contribution in [2.75, 3.05) is 13.1 Å². The Hall–Kier alpha value is -1.81. The molecule has 3 nitrogen and oxygen atoms in total. The summed E-state index contributed by atoms with van der Waals surface area (Å²) >= 11 is 3.41. The fourth-order valence-electron chi connectivity index (χ4n) is 2.33. The monoisotopic (exact) mass is 374 g/mol. The molecule has 0 radical (unpaired) electrons. The topological polar surface area (TPSA) is 41.1 Å². The Morgan fingerprint density at radius 1 is 0.783 bits per heavy atom. The summed E-state index contributed by atoms with van der Waals surface area (Å²) < 4.78 is 1.07. The summed E-state index contributed by atoms with van der Waals surface area (Å²) in [6, 6.07) is 18.5. The van der Waals surface area contributed by atoms with Gasteiger partial charge in [-0.2, -0.15) is 0 Å². The molecule has 0 aliphatic carbocycles. The maximum Gasteiger partial charge on any atom is 0.314 e. The van der Waals surface area contributed by atoms with Crippen molar-refractivity contribution in [1.82, 2.24) is 10.6 Å². The molecule has 2 aromatic carbocycles. The molecular weight excluding hydrogens is 352 g/mol. The van der Waals surface area contributed by atoms with E-state index in [1.165, 1.54) is 11.1 Å². The lowest BCUT2D eigenvalue weighted by Crippen LogP contribution is -2.37. The summed E-state index contributed by atoms with van der Waals surface area (Å²) in [7, 11) is 0. The highest BCUT2D eigenvalue weighted by atomic mass is 79.9. The Morgan fingerprint density at radius 2 is 1.43 bits per heavy atom. The number of halogens is 1. The van der Waals surface area contributed by atoms with E-state index in [2.05, 4.69) is 63.0 Å². The largest absolute Gasteiger partial charge is 0.338 e. The van der Waals surface area contributed by atoms with Crippen LogP contribution in [0.1, 0.15) is 24.0 Å². The molecule has 0 fully saturated rings. The fraction of sp³-hybridized carbons (Fsp3) is 0.316. The van der Waals surface area contributed by atoms with Gasteiger partial charge in [0.25, 0.3) is 0 Å². The lowest BCUT2D eigenvalue weighted by Gasteiger charge is -2.08. The number of unbranched alkanes of at least 4 members (excludes halogenated alkanes) is 1. The van der Waals surface area contributed by atoms with Gasteiger partial charge in [-0.15, -0.1) is 0 Å². The van der Waals surface area contributed by atoms with Crippen LogP contribution < -0.4 is 10.6 Å². The number of aryl methyl sites for hydroxylation is 1. The maximum atomic E-state index is 11.7. The summed E-state index contributed by atoms with van der Waals surface area (Å²) in [4.78, 5) is 11.7. The summed E-state index contributed by atoms with van der Waals surface area (Å²) in [5.74, 6) is 0. The number of rotatable bonds is 8. The smallest absolute Gasteiger partial charge is 0.314 e. The second kappa shape index (κ2) is 10.1. The van der Waals surface area contributed by atoms with E-state index in [9.17, 15) is 4.79 Å². The van der Waals surface area contributed by atoms with Crippen LogP contribution in [-0.4, -0.2) is 19.1 Å². The summed E-state index contributed by atoms with van der Waals surface area (Å²) in [5.41, 5.74) is 2.57. The van der Waals surface area contributed by atoms with Crippen molar-refractivity contribution in [2.45, 2.75) is 25.7 Å².